The Kier molecular flexibility index (Phi) is 6.15. The van der Waals surface area contributed by atoms with E-state index in [1.165, 1.54) is 12.1 Å². The Hall–Kier alpha value is -2.65. The minimum Gasteiger partial charge on any atom is -0.230 e. The Bertz CT molecular complexity index is 1130. The maximum Gasteiger partial charge on any atom is 0.243 e. The number of hydrogen-bond acceptors (Lipinski definition) is 5. The summed E-state index contributed by atoms with van der Waals surface area (Å²) in [6.07, 6.45) is 2.90. The van der Waals surface area contributed by atoms with Crippen LogP contribution in [-0.2, 0) is 16.6 Å². The van der Waals surface area contributed by atoms with Crippen molar-refractivity contribution in [3.8, 4) is 0 Å². The molecule has 1 saturated heterocycles. The minimum atomic E-state index is -3.71. The summed E-state index contributed by atoms with van der Waals surface area (Å²) >= 11 is 0. The predicted octanol–water partition coefficient (Wildman–Crippen LogP) is 3.80. The molecule has 0 aliphatic carbocycles. The summed E-state index contributed by atoms with van der Waals surface area (Å²) < 4.78 is 44.2. The number of rotatable bonds is 7. The second-order valence-electron chi connectivity index (χ2n) is 8.04. The molecular formula is C22H26FN5O2S. The maximum atomic E-state index is 13.7. The molecule has 4 rings (SSSR count). The molecule has 2 unspecified atom stereocenters. The van der Waals surface area contributed by atoms with Gasteiger partial charge >= 0.3 is 0 Å². The molecule has 0 amide bonds. The Morgan fingerprint density at radius 3 is 2.39 bits per heavy atom. The molecule has 31 heavy (non-hydrogen) atoms. The number of hydrogen-bond donors (Lipinski definition) is 0. The lowest BCUT2D eigenvalue weighted by molar-refractivity contribution is 0.303. The molecule has 0 radical (unpaired) electrons. The van der Waals surface area contributed by atoms with Gasteiger partial charge in [-0.25, -0.2) is 17.5 Å². The van der Waals surface area contributed by atoms with Crippen molar-refractivity contribution in [2.24, 2.45) is 0 Å². The van der Waals surface area contributed by atoms with Gasteiger partial charge in [0.15, 0.2) is 0 Å². The fraction of sp³-hybridized carbons (Fsp3) is 0.409. The van der Waals surface area contributed by atoms with E-state index in [2.05, 4.69) is 15.5 Å². The first-order valence-corrected chi connectivity index (χ1v) is 11.9. The lowest BCUT2D eigenvalue weighted by Gasteiger charge is -2.30. The zero-order valence-electron chi connectivity index (χ0n) is 17.6. The predicted molar refractivity (Wildman–Crippen MR) is 114 cm³/mol. The van der Waals surface area contributed by atoms with Crippen LogP contribution in [0.3, 0.4) is 0 Å². The van der Waals surface area contributed by atoms with Gasteiger partial charge in [0, 0.05) is 12.6 Å². The molecule has 1 aliphatic rings. The van der Waals surface area contributed by atoms with Gasteiger partial charge in [-0.1, -0.05) is 29.8 Å². The molecule has 3 aromatic rings. The number of sulfonamides is 1. The van der Waals surface area contributed by atoms with E-state index < -0.39 is 10.0 Å². The van der Waals surface area contributed by atoms with E-state index in [-0.39, 0.29) is 22.8 Å². The van der Waals surface area contributed by atoms with E-state index in [4.69, 9.17) is 0 Å². The van der Waals surface area contributed by atoms with Crippen molar-refractivity contribution < 1.29 is 12.8 Å². The molecule has 0 spiro atoms. The summed E-state index contributed by atoms with van der Waals surface area (Å²) in [5.74, 6) is 0.405. The quantitative estimate of drug-likeness (QED) is 0.555. The molecular weight excluding hydrogens is 417 g/mol. The number of benzene rings is 2. The van der Waals surface area contributed by atoms with Crippen LogP contribution in [-0.4, -0.2) is 39.0 Å². The fourth-order valence-corrected chi connectivity index (χ4v) is 6.15. The number of halogens is 1. The van der Waals surface area contributed by atoms with E-state index in [1.807, 2.05) is 26.0 Å². The van der Waals surface area contributed by atoms with Crippen LogP contribution >= 0.6 is 0 Å². The second-order valence-corrected chi connectivity index (χ2v) is 9.88. The Balaban J connectivity index is 1.61. The third kappa shape index (κ3) is 4.52. The van der Waals surface area contributed by atoms with E-state index in [0.29, 0.717) is 19.4 Å². The minimum absolute atomic E-state index is 0.141. The van der Waals surface area contributed by atoms with Crippen LogP contribution < -0.4 is 0 Å². The first-order valence-electron chi connectivity index (χ1n) is 10.4. The lowest BCUT2D eigenvalue weighted by Crippen LogP contribution is -2.37. The highest BCUT2D eigenvalue weighted by molar-refractivity contribution is 7.89. The molecule has 1 aliphatic heterocycles. The molecule has 2 heterocycles. The molecule has 0 N–H and O–H groups in total. The molecule has 9 heteroatoms. The number of aryl methyl sites for hydroxylation is 3. The van der Waals surface area contributed by atoms with Gasteiger partial charge in [-0.2, -0.15) is 4.31 Å². The van der Waals surface area contributed by atoms with Gasteiger partial charge in [-0.3, -0.25) is 0 Å². The highest BCUT2D eigenvalue weighted by Crippen LogP contribution is 2.42. The monoisotopic (exact) mass is 443 g/mol. The van der Waals surface area contributed by atoms with Gasteiger partial charge in [-0.05, 0) is 79.8 Å². The zero-order valence-corrected chi connectivity index (χ0v) is 18.5. The third-order valence-electron chi connectivity index (χ3n) is 5.91. The summed E-state index contributed by atoms with van der Waals surface area (Å²) in [7, 11) is -3.71. The number of tetrazole rings is 1. The molecule has 7 nitrogen and oxygen atoms in total. The van der Waals surface area contributed by atoms with Gasteiger partial charge in [0.2, 0.25) is 10.0 Å². The van der Waals surface area contributed by atoms with Crippen LogP contribution in [0.2, 0.25) is 0 Å². The number of aromatic nitrogens is 4. The Morgan fingerprint density at radius 1 is 1.03 bits per heavy atom. The average molecular weight is 444 g/mol. The van der Waals surface area contributed by atoms with Crippen LogP contribution in [0, 0.1) is 19.7 Å². The van der Waals surface area contributed by atoms with Crippen molar-refractivity contribution in [1.82, 2.24) is 24.5 Å². The van der Waals surface area contributed by atoms with Crippen molar-refractivity contribution in [3.63, 3.8) is 0 Å². The van der Waals surface area contributed by atoms with E-state index in [0.717, 1.165) is 29.8 Å². The van der Waals surface area contributed by atoms with Crippen molar-refractivity contribution in [2.45, 2.75) is 63.1 Å². The maximum absolute atomic E-state index is 13.7. The van der Waals surface area contributed by atoms with Crippen LogP contribution in [0.1, 0.15) is 48.7 Å². The van der Waals surface area contributed by atoms with Crippen LogP contribution in [0.5, 0.6) is 0 Å². The third-order valence-corrected chi connectivity index (χ3v) is 7.89. The van der Waals surface area contributed by atoms with Crippen LogP contribution in [0.15, 0.2) is 53.4 Å². The van der Waals surface area contributed by atoms with Gasteiger partial charge < -0.3 is 0 Å². The fourth-order valence-electron chi connectivity index (χ4n) is 4.26. The van der Waals surface area contributed by atoms with E-state index in [1.54, 1.807) is 33.3 Å². The van der Waals surface area contributed by atoms with Crippen LogP contribution in [0.25, 0.3) is 0 Å². The smallest absolute Gasteiger partial charge is 0.230 e. The summed E-state index contributed by atoms with van der Waals surface area (Å²) in [5, 5.41) is 11.5. The molecule has 2 aromatic carbocycles. The standard InChI is InChI=1S/C22H26FN5O2S/c1-16-5-12-21(13-6-16)31(29,30)28-20(4-3-15-27-17(2)24-25-26-27)11-14-22(28)18-7-9-19(23)10-8-18/h5-10,12-13,20,22H,3-4,11,14-15H2,1-2H3. The van der Waals surface area contributed by atoms with Crippen molar-refractivity contribution in [1.29, 1.82) is 0 Å². The van der Waals surface area contributed by atoms with Crippen LogP contribution in [0.4, 0.5) is 4.39 Å². The summed E-state index contributed by atoms with van der Waals surface area (Å²) in [6, 6.07) is 12.6. The average Bonchev–Trinajstić information content (AvgIpc) is 3.36. The molecule has 164 valence electrons. The lowest BCUT2D eigenvalue weighted by atomic mass is 10.0. The first kappa shape index (κ1) is 21.6. The summed E-state index contributed by atoms with van der Waals surface area (Å²) in [4.78, 5) is 0.286. The SMILES string of the molecule is Cc1ccc(S(=O)(=O)N2C(CCCn3nnnc3C)CCC2c2ccc(F)cc2)cc1. The van der Waals surface area contributed by atoms with Crippen molar-refractivity contribution >= 4 is 10.0 Å². The van der Waals surface area contributed by atoms with E-state index >= 15 is 0 Å². The highest BCUT2D eigenvalue weighted by Gasteiger charge is 2.42. The molecule has 0 bridgehead atoms. The molecule has 0 saturated carbocycles. The zero-order chi connectivity index (χ0) is 22.0. The van der Waals surface area contributed by atoms with Gasteiger partial charge in [0.05, 0.1) is 10.9 Å². The summed E-state index contributed by atoms with van der Waals surface area (Å²) in [6.45, 7) is 4.40. The highest BCUT2D eigenvalue weighted by atomic mass is 32.2. The largest absolute Gasteiger partial charge is 0.243 e. The van der Waals surface area contributed by atoms with Crippen molar-refractivity contribution in [3.05, 3.63) is 71.3 Å². The Morgan fingerprint density at radius 2 is 1.74 bits per heavy atom. The summed E-state index contributed by atoms with van der Waals surface area (Å²) in [5.41, 5.74) is 1.82. The molecule has 1 fully saturated rings. The normalized spacial score (nSPS) is 19.7. The second kappa shape index (κ2) is 8.84. The first-order chi connectivity index (χ1) is 14.9. The topological polar surface area (TPSA) is 81.0 Å². The van der Waals surface area contributed by atoms with Crippen molar-refractivity contribution in [2.75, 3.05) is 0 Å². The number of nitrogens with zero attached hydrogens (tertiary/aromatic N) is 5. The molecule has 2 atom stereocenters. The molecule has 1 aromatic heterocycles. The Labute approximate surface area is 181 Å². The van der Waals surface area contributed by atoms with Gasteiger partial charge in [-0.15, -0.1) is 5.10 Å². The van der Waals surface area contributed by atoms with Gasteiger partial charge in [0.25, 0.3) is 0 Å². The van der Waals surface area contributed by atoms with E-state index in [9.17, 15) is 12.8 Å². The van der Waals surface area contributed by atoms with Gasteiger partial charge in [0.1, 0.15) is 11.6 Å².